The van der Waals surface area contributed by atoms with Crippen LogP contribution in [0.4, 0.5) is 9.59 Å². The second-order valence-electron chi connectivity index (χ2n) is 16.6. The molecule has 316 valence electrons. The number of carbonyl (C=O) groups excluding carboxylic acids is 4. The third-order valence-electron chi connectivity index (χ3n) is 13.0. The lowest BCUT2D eigenvalue weighted by molar-refractivity contribution is -0.136. The van der Waals surface area contributed by atoms with Gasteiger partial charge in [-0.2, -0.15) is 0 Å². The molecule has 5 heterocycles. The van der Waals surface area contributed by atoms with E-state index in [-0.39, 0.29) is 35.7 Å². The molecule has 4 atom stereocenters. The number of nitrogens with one attached hydrogen (secondary N) is 4. The van der Waals surface area contributed by atoms with Crippen LogP contribution in [-0.2, 0) is 19.1 Å². The van der Waals surface area contributed by atoms with Crippen molar-refractivity contribution in [3.63, 3.8) is 0 Å². The average Bonchev–Trinajstić information content (AvgIpc) is 4.13. The molecule has 16 heteroatoms. The molecule has 60 heavy (non-hydrogen) atoms. The van der Waals surface area contributed by atoms with Gasteiger partial charge in [-0.3, -0.25) is 9.59 Å². The molecule has 9 rings (SSSR count). The molecule has 0 radical (unpaired) electrons. The van der Waals surface area contributed by atoms with Crippen LogP contribution in [-0.4, -0.2) is 93.1 Å². The van der Waals surface area contributed by atoms with Crippen molar-refractivity contribution in [1.29, 1.82) is 0 Å². The number of fused-ring (bicyclic) bond motifs is 2. The minimum atomic E-state index is -0.623. The molecule has 4 aromatic rings. The van der Waals surface area contributed by atoms with Crippen molar-refractivity contribution in [1.82, 2.24) is 40.4 Å². The molecule has 4 amide bonds. The molecule has 4 fully saturated rings. The van der Waals surface area contributed by atoms with Gasteiger partial charge >= 0.3 is 12.2 Å². The first-order valence-electron chi connectivity index (χ1n) is 21.3. The number of carbonyl (C=O) groups is 4. The van der Waals surface area contributed by atoms with Gasteiger partial charge in [-0.15, -0.1) is 0 Å². The fraction of sp³-hybridized carbons (Fsp3) is 0.500. The highest BCUT2D eigenvalue weighted by atomic mass is 16.6. The van der Waals surface area contributed by atoms with Gasteiger partial charge in [-0.1, -0.05) is 25.7 Å². The number of H-pyrrole nitrogens is 2. The third kappa shape index (κ3) is 7.74. The Balaban J connectivity index is 0.873. The van der Waals surface area contributed by atoms with Crippen LogP contribution < -0.4 is 20.1 Å². The highest BCUT2D eigenvalue weighted by Crippen LogP contribution is 2.48. The molecule has 16 nitrogen and oxygen atoms in total. The Bertz CT molecular complexity index is 2090. The van der Waals surface area contributed by atoms with Crippen LogP contribution in [0.25, 0.3) is 22.5 Å². The zero-order valence-electron chi connectivity index (χ0n) is 34.0. The summed E-state index contributed by atoms with van der Waals surface area (Å²) in [6.07, 6.45) is 13.4. The number of amides is 4. The number of methoxy groups -OCH3 is 2. The second kappa shape index (κ2) is 16.9. The van der Waals surface area contributed by atoms with E-state index in [1.165, 1.54) is 14.2 Å². The Morgan fingerprint density at radius 3 is 1.43 bits per heavy atom. The van der Waals surface area contributed by atoms with Crippen molar-refractivity contribution in [2.45, 2.75) is 101 Å². The van der Waals surface area contributed by atoms with E-state index in [4.69, 9.17) is 28.9 Å². The summed E-state index contributed by atoms with van der Waals surface area (Å²) in [4.78, 5) is 72.4. The number of aromatic nitrogens is 4. The van der Waals surface area contributed by atoms with Crippen molar-refractivity contribution in [3.8, 4) is 45.5 Å². The van der Waals surface area contributed by atoms with Gasteiger partial charge in [0.25, 0.3) is 0 Å². The van der Waals surface area contributed by atoms with E-state index >= 15 is 0 Å². The first-order chi connectivity index (χ1) is 29.3. The summed E-state index contributed by atoms with van der Waals surface area (Å²) < 4.78 is 22.5. The van der Waals surface area contributed by atoms with E-state index < -0.39 is 24.3 Å². The van der Waals surface area contributed by atoms with Gasteiger partial charge in [0.2, 0.25) is 11.8 Å². The number of nitrogens with zero attached hydrogens (tertiary/aromatic N) is 4. The Labute approximate surface area is 348 Å². The summed E-state index contributed by atoms with van der Waals surface area (Å²) in [6, 6.07) is 9.72. The van der Waals surface area contributed by atoms with Crippen molar-refractivity contribution in [3.05, 3.63) is 60.4 Å². The molecule has 5 aliphatic rings. The number of ether oxygens (including phenoxy) is 4. The highest BCUT2D eigenvalue weighted by Gasteiger charge is 2.42. The summed E-state index contributed by atoms with van der Waals surface area (Å²) in [5, 5.41) is 5.66. The lowest BCUT2D eigenvalue weighted by Crippen LogP contribution is -2.51. The fourth-order valence-corrected chi connectivity index (χ4v) is 9.92. The topological polar surface area (TPSA) is 193 Å². The molecule has 2 aliphatic carbocycles. The number of likely N-dealkylation sites (tertiary alicyclic amines) is 2. The van der Waals surface area contributed by atoms with Crippen molar-refractivity contribution >= 4 is 24.0 Å². The van der Waals surface area contributed by atoms with Crippen molar-refractivity contribution in [2.75, 3.05) is 27.3 Å². The number of aromatic amines is 2. The van der Waals surface area contributed by atoms with Crippen molar-refractivity contribution in [2.24, 2.45) is 11.8 Å². The zero-order chi connectivity index (χ0) is 41.3. The Morgan fingerprint density at radius 1 is 0.617 bits per heavy atom. The van der Waals surface area contributed by atoms with Gasteiger partial charge in [0.05, 0.1) is 50.1 Å². The smallest absolute Gasteiger partial charge is 0.407 e. The minimum absolute atomic E-state index is 0.0865. The first-order valence-corrected chi connectivity index (χ1v) is 21.3. The second-order valence-corrected chi connectivity index (χ2v) is 16.6. The Morgan fingerprint density at radius 2 is 1.03 bits per heavy atom. The summed E-state index contributed by atoms with van der Waals surface area (Å²) in [6.45, 7) is 1.19. The number of benzene rings is 2. The number of alkyl carbamates (subject to hydrolysis) is 2. The molecular weight excluding hydrogens is 769 g/mol. The van der Waals surface area contributed by atoms with Gasteiger partial charge in [0, 0.05) is 24.2 Å². The normalized spacial score (nSPS) is 21.1. The molecule has 3 aliphatic heterocycles. The molecule has 2 aromatic heterocycles. The Hall–Kier alpha value is -6.06. The van der Waals surface area contributed by atoms with Gasteiger partial charge in [-0.05, 0) is 99.6 Å². The standard InChI is InChI=1S/C44H52N8O8/c1-57-43(55)49-37(25-9-3-4-10-25)41(53)51-19-7-13-31(51)39-45-23-29(47-39)27-15-17-33-35(21-27)59-34-18-16-28(22-36(34)60-33)30-24-46-40(48-30)32-14-8-20-52(32)42(54)38(50-44(56)58-2)26-11-5-6-12-26/h15-18,21-26,31-32,37-38H,3-14,19-20H2,1-2H3,(H,45,47)(H,46,48)(H,49,55)(H,50,56)/t31-,32-,37-,38-/m0/s1. The summed E-state index contributed by atoms with van der Waals surface area (Å²) >= 11 is 0. The van der Waals surface area contributed by atoms with Crippen molar-refractivity contribution < 1.29 is 38.1 Å². The number of hydrogen-bond donors (Lipinski definition) is 4. The molecular formula is C44H52N8O8. The minimum Gasteiger partial charge on any atom is -0.453 e. The number of imidazole rings is 2. The summed E-state index contributed by atoms with van der Waals surface area (Å²) in [5.74, 6) is 3.64. The maximum atomic E-state index is 13.9. The average molecular weight is 821 g/mol. The van der Waals surface area contributed by atoms with E-state index in [2.05, 4.69) is 20.6 Å². The largest absolute Gasteiger partial charge is 0.453 e. The van der Waals surface area contributed by atoms with E-state index in [0.29, 0.717) is 47.7 Å². The lowest BCUT2D eigenvalue weighted by atomic mass is 9.96. The van der Waals surface area contributed by atoms with Crippen LogP contribution >= 0.6 is 0 Å². The van der Waals surface area contributed by atoms with E-state index in [1.807, 2.05) is 46.2 Å². The zero-order valence-corrected chi connectivity index (χ0v) is 34.0. The van der Waals surface area contributed by atoms with Crippen LogP contribution in [0.15, 0.2) is 48.8 Å². The van der Waals surface area contributed by atoms with Gasteiger partial charge in [0.15, 0.2) is 23.0 Å². The maximum Gasteiger partial charge on any atom is 0.407 e. The molecule has 0 spiro atoms. The van der Waals surface area contributed by atoms with E-state index in [1.54, 1.807) is 12.4 Å². The summed E-state index contributed by atoms with van der Waals surface area (Å²) in [5.41, 5.74) is 3.26. The molecule has 0 bridgehead atoms. The van der Waals surface area contributed by atoms with Gasteiger partial charge in [-0.25, -0.2) is 19.6 Å². The molecule has 0 unspecified atom stereocenters. The van der Waals surface area contributed by atoms with Crippen LogP contribution in [0, 0.1) is 11.8 Å². The SMILES string of the molecule is COC(=O)N[C@H](C(=O)N1CCC[C@H]1c1ncc(-c2ccc3c(c2)Oc2ccc(-c4cnc([C@@H]5CCCN5C(=O)[C@@H](NC(=O)OC)C5CCCC5)[nH]4)cc2O3)[nH]1)C1CCCC1. The monoisotopic (exact) mass is 820 g/mol. The highest BCUT2D eigenvalue weighted by molar-refractivity contribution is 5.87. The van der Waals surface area contributed by atoms with E-state index in [9.17, 15) is 19.2 Å². The fourth-order valence-electron chi connectivity index (χ4n) is 9.92. The van der Waals surface area contributed by atoms with Gasteiger partial charge in [0.1, 0.15) is 23.7 Å². The summed E-state index contributed by atoms with van der Waals surface area (Å²) in [7, 11) is 2.63. The predicted octanol–water partition coefficient (Wildman–Crippen LogP) is 7.52. The van der Waals surface area contributed by atoms with Crippen LogP contribution in [0.2, 0.25) is 0 Å². The Kier molecular flexibility index (Phi) is 11.1. The third-order valence-corrected chi connectivity index (χ3v) is 13.0. The number of rotatable bonds is 10. The first kappa shape index (κ1) is 39.4. The molecule has 2 saturated carbocycles. The predicted molar refractivity (Wildman–Crippen MR) is 218 cm³/mol. The number of hydrogen-bond acceptors (Lipinski definition) is 10. The molecule has 4 N–H and O–H groups in total. The van der Waals surface area contributed by atoms with Crippen LogP contribution in [0.3, 0.4) is 0 Å². The van der Waals surface area contributed by atoms with E-state index in [0.717, 1.165) is 99.6 Å². The quantitative estimate of drug-likeness (QED) is 0.110. The van der Waals surface area contributed by atoms with Gasteiger partial charge < -0.3 is 49.3 Å². The maximum absolute atomic E-state index is 13.9. The van der Waals surface area contributed by atoms with Crippen LogP contribution in [0.5, 0.6) is 23.0 Å². The molecule has 2 saturated heterocycles. The van der Waals surface area contributed by atoms with Crippen LogP contribution in [0.1, 0.15) is 101 Å². The lowest BCUT2D eigenvalue weighted by Gasteiger charge is -2.31. The molecule has 2 aromatic carbocycles.